The van der Waals surface area contributed by atoms with Crippen LogP contribution in [0.1, 0.15) is 6.42 Å². The molecule has 23 heavy (non-hydrogen) atoms. The minimum Gasteiger partial charge on any atom is -0.394 e. The maximum atomic E-state index is 10.4. The molecule has 0 aromatic carbocycles. The van der Waals surface area contributed by atoms with Gasteiger partial charge in [0.2, 0.25) is 5.79 Å². The number of hydrogen-bond donors (Lipinski definition) is 8. The number of aliphatic hydroxyl groups excluding tert-OH is 7. The first-order valence-corrected chi connectivity index (χ1v) is 7.06. The smallest absolute Gasteiger partial charge is 0.202 e. The van der Waals surface area contributed by atoms with E-state index in [1.807, 2.05) is 0 Å². The average molecular weight is 342 g/mol. The van der Waals surface area contributed by atoms with Crippen LogP contribution in [-0.4, -0.2) is 109 Å². The summed E-state index contributed by atoms with van der Waals surface area (Å²) in [4.78, 5) is 0. The van der Waals surface area contributed by atoms with Gasteiger partial charge in [0.15, 0.2) is 18.7 Å². The van der Waals surface area contributed by atoms with Crippen LogP contribution in [0.4, 0.5) is 0 Å². The van der Waals surface area contributed by atoms with E-state index in [9.17, 15) is 30.6 Å². The summed E-state index contributed by atoms with van der Waals surface area (Å²) in [5.41, 5.74) is 0. The molecular weight excluding hydrogens is 320 g/mol. The highest BCUT2D eigenvalue weighted by Crippen LogP contribution is 2.33. The highest BCUT2D eigenvalue weighted by atomic mass is 16.8. The van der Waals surface area contributed by atoms with Crippen molar-refractivity contribution in [1.29, 1.82) is 0 Å². The summed E-state index contributed by atoms with van der Waals surface area (Å²) in [7, 11) is 0. The SMILES string of the molecule is OCC1CC(O)(O[C@@H]2OC(CO)[C@H](O)C(O)C2O)C(O)[C@H](O)O1. The molecule has 11 nitrogen and oxygen atoms in total. The molecule has 0 bridgehead atoms. The fourth-order valence-electron chi connectivity index (χ4n) is 2.58. The second kappa shape index (κ2) is 7.21. The van der Waals surface area contributed by atoms with Crippen molar-refractivity contribution < 1.29 is 55.1 Å². The van der Waals surface area contributed by atoms with Gasteiger partial charge in [-0.1, -0.05) is 0 Å². The van der Waals surface area contributed by atoms with Crippen LogP contribution >= 0.6 is 0 Å². The van der Waals surface area contributed by atoms with Gasteiger partial charge < -0.3 is 55.1 Å². The van der Waals surface area contributed by atoms with Gasteiger partial charge >= 0.3 is 0 Å². The number of hydrogen-bond acceptors (Lipinski definition) is 11. The molecule has 2 saturated heterocycles. The lowest BCUT2D eigenvalue weighted by molar-refractivity contribution is -0.415. The van der Waals surface area contributed by atoms with Gasteiger partial charge in [0.25, 0.3) is 0 Å². The molecule has 0 saturated carbocycles. The molecule has 2 aliphatic heterocycles. The molecule has 136 valence electrons. The third kappa shape index (κ3) is 3.65. The molecule has 0 amide bonds. The molecule has 2 heterocycles. The lowest BCUT2D eigenvalue weighted by Gasteiger charge is -2.47. The Morgan fingerprint density at radius 3 is 2.13 bits per heavy atom. The molecule has 8 N–H and O–H groups in total. The van der Waals surface area contributed by atoms with E-state index >= 15 is 0 Å². The van der Waals surface area contributed by atoms with Gasteiger partial charge in [0.05, 0.1) is 19.3 Å². The quantitative estimate of drug-likeness (QED) is 0.228. The van der Waals surface area contributed by atoms with Gasteiger partial charge in [-0.15, -0.1) is 0 Å². The van der Waals surface area contributed by atoms with Gasteiger partial charge in [0.1, 0.15) is 24.4 Å². The molecule has 9 atom stereocenters. The fraction of sp³-hybridized carbons (Fsp3) is 1.00. The van der Waals surface area contributed by atoms with Crippen molar-refractivity contribution >= 4 is 0 Å². The van der Waals surface area contributed by atoms with E-state index in [1.54, 1.807) is 0 Å². The van der Waals surface area contributed by atoms with E-state index in [4.69, 9.17) is 24.4 Å². The average Bonchev–Trinajstić information content (AvgIpc) is 2.52. The third-order valence-corrected chi connectivity index (χ3v) is 3.96. The molecule has 2 rings (SSSR count). The first-order chi connectivity index (χ1) is 10.7. The lowest BCUT2D eigenvalue weighted by atomic mass is 9.96. The van der Waals surface area contributed by atoms with Crippen LogP contribution < -0.4 is 0 Å². The molecule has 2 aliphatic rings. The van der Waals surface area contributed by atoms with Crippen LogP contribution in [-0.2, 0) is 14.2 Å². The Labute approximate surface area is 130 Å². The molecule has 11 heteroatoms. The summed E-state index contributed by atoms with van der Waals surface area (Å²) in [6.45, 7) is -1.28. The lowest BCUT2D eigenvalue weighted by Crippen LogP contribution is -2.65. The van der Waals surface area contributed by atoms with Crippen LogP contribution in [0.5, 0.6) is 0 Å². The zero-order chi connectivity index (χ0) is 17.4. The Morgan fingerprint density at radius 2 is 1.57 bits per heavy atom. The first-order valence-electron chi connectivity index (χ1n) is 7.06. The number of ether oxygens (including phenoxy) is 3. The van der Waals surface area contributed by atoms with E-state index in [0.29, 0.717) is 0 Å². The second-order valence-electron chi connectivity index (χ2n) is 5.64. The largest absolute Gasteiger partial charge is 0.394 e. The fourth-order valence-corrected chi connectivity index (χ4v) is 2.58. The van der Waals surface area contributed by atoms with E-state index in [2.05, 4.69) is 0 Å². The van der Waals surface area contributed by atoms with Crippen LogP contribution in [0.2, 0.25) is 0 Å². The summed E-state index contributed by atoms with van der Waals surface area (Å²) < 4.78 is 15.0. The maximum Gasteiger partial charge on any atom is 0.202 e. The van der Waals surface area contributed by atoms with Crippen LogP contribution in [0.25, 0.3) is 0 Å². The van der Waals surface area contributed by atoms with Gasteiger partial charge in [-0.3, -0.25) is 0 Å². The zero-order valence-corrected chi connectivity index (χ0v) is 12.0. The zero-order valence-electron chi connectivity index (χ0n) is 12.0. The van der Waals surface area contributed by atoms with E-state index in [0.717, 1.165) is 0 Å². The van der Waals surface area contributed by atoms with E-state index in [-0.39, 0.29) is 0 Å². The summed E-state index contributed by atoms with van der Waals surface area (Å²) in [5, 5.41) is 77.1. The standard InChI is InChI=1S/C12H22O11/c13-2-4-1-12(20,9(18)10(19)21-4)23-11-8(17)7(16)6(15)5(3-14)22-11/h4-11,13-20H,1-3H2/t4?,5?,6-,7?,8?,9?,10+,11-,12?/m0/s1. The monoisotopic (exact) mass is 342 g/mol. The van der Waals surface area contributed by atoms with Gasteiger partial charge in [-0.05, 0) is 0 Å². The van der Waals surface area contributed by atoms with E-state index < -0.39 is 74.6 Å². The molecular formula is C12H22O11. The predicted molar refractivity (Wildman–Crippen MR) is 68.4 cm³/mol. The van der Waals surface area contributed by atoms with Crippen molar-refractivity contribution in [3.05, 3.63) is 0 Å². The van der Waals surface area contributed by atoms with Crippen molar-refractivity contribution in [1.82, 2.24) is 0 Å². The molecule has 0 aromatic heterocycles. The van der Waals surface area contributed by atoms with Gasteiger partial charge in [-0.2, -0.15) is 0 Å². The maximum absolute atomic E-state index is 10.4. The number of aliphatic hydroxyl groups is 8. The van der Waals surface area contributed by atoms with Crippen LogP contribution in [0, 0.1) is 0 Å². The van der Waals surface area contributed by atoms with E-state index in [1.165, 1.54) is 0 Å². The number of rotatable bonds is 4. The minimum absolute atomic E-state index is 0.462. The van der Waals surface area contributed by atoms with Crippen LogP contribution in [0.15, 0.2) is 0 Å². The second-order valence-corrected chi connectivity index (χ2v) is 5.64. The Morgan fingerprint density at radius 1 is 0.913 bits per heavy atom. The Hall–Kier alpha value is -0.440. The molecule has 6 unspecified atom stereocenters. The predicted octanol–water partition coefficient (Wildman–Crippen LogP) is -5.05. The molecule has 0 aromatic rings. The van der Waals surface area contributed by atoms with Crippen LogP contribution in [0.3, 0.4) is 0 Å². The summed E-state index contributed by atoms with van der Waals surface area (Å²) in [6.07, 6.45) is -13.4. The van der Waals surface area contributed by atoms with Crippen molar-refractivity contribution in [3.63, 3.8) is 0 Å². The topological polar surface area (TPSA) is 190 Å². The van der Waals surface area contributed by atoms with Crippen molar-refractivity contribution in [2.75, 3.05) is 13.2 Å². The third-order valence-electron chi connectivity index (χ3n) is 3.96. The normalized spacial score (nSPS) is 51.7. The van der Waals surface area contributed by atoms with Gasteiger partial charge in [0, 0.05) is 6.42 Å². The first kappa shape index (κ1) is 18.9. The molecule has 0 aliphatic carbocycles. The summed E-state index contributed by atoms with van der Waals surface area (Å²) in [5.74, 6) is -2.46. The highest BCUT2D eigenvalue weighted by Gasteiger charge is 2.53. The van der Waals surface area contributed by atoms with Gasteiger partial charge in [-0.25, -0.2) is 0 Å². The molecule has 2 fully saturated rings. The van der Waals surface area contributed by atoms with Crippen molar-refractivity contribution in [2.45, 2.75) is 61.4 Å². The van der Waals surface area contributed by atoms with Crippen molar-refractivity contribution in [3.8, 4) is 0 Å². The summed E-state index contributed by atoms with van der Waals surface area (Å²) in [6, 6.07) is 0. The summed E-state index contributed by atoms with van der Waals surface area (Å²) >= 11 is 0. The Balaban J connectivity index is 2.14. The minimum atomic E-state index is -2.46. The van der Waals surface area contributed by atoms with Crippen molar-refractivity contribution in [2.24, 2.45) is 0 Å². The molecule has 0 radical (unpaired) electrons. The highest BCUT2D eigenvalue weighted by molar-refractivity contribution is 4.93. The molecule has 0 spiro atoms. The Kier molecular flexibility index (Phi) is 5.92. The Bertz CT molecular complexity index is 393.